The zero-order chi connectivity index (χ0) is 15.4. The molecule has 21 heavy (non-hydrogen) atoms. The molecule has 0 spiro atoms. The molecule has 0 radical (unpaired) electrons. The number of esters is 1. The standard InChI is InChI=1S/C15H19N3O2S/c1-10(7-12-5-4-6-21-12)18(2)14-13(15(19)20-3)8-11(16)9-17-14/h4-6,8-10H,7,16H2,1-3H3. The molecule has 2 N–H and O–H groups in total. The van der Waals surface area contributed by atoms with E-state index in [0.29, 0.717) is 17.1 Å². The minimum Gasteiger partial charge on any atom is -0.465 e. The average Bonchev–Trinajstić information content (AvgIpc) is 2.98. The van der Waals surface area contributed by atoms with E-state index in [2.05, 4.69) is 23.4 Å². The number of methoxy groups -OCH3 is 1. The van der Waals surface area contributed by atoms with Gasteiger partial charge in [0, 0.05) is 24.4 Å². The lowest BCUT2D eigenvalue weighted by molar-refractivity contribution is 0.0601. The third kappa shape index (κ3) is 3.52. The summed E-state index contributed by atoms with van der Waals surface area (Å²) in [6, 6.07) is 5.94. The van der Waals surface area contributed by atoms with Crippen molar-refractivity contribution >= 4 is 28.8 Å². The van der Waals surface area contributed by atoms with Crippen molar-refractivity contribution < 1.29 is 9.53 Å². The molecule has 5 nitrogen and oxygen atoms in total. The molecule has 0 aliphatic carbocycles. The lowest BCUT2D eigenvalue weighted by Gasteiger charge is -2.27. The fourth-order valence-corrected chi connectivity index (χ4v) is 2.91. The Morgan fingerprint density at radius 2 is 2.33 bits per heavy atom. The Labute approximate surface area is 128 Å². The zero-order valence-electron chi connectivity index (χ0n) is 12.4. The Morgan fingerprint density at radius 1 is 1.57 bits per heavy atom. The molecule has 2 heterocycles. The van der Waals surface area contributed by atoms with Gasteiger partial charge in [0.2, 0.25) is 0 Å². The molecule has 2 aromatic heterocycles. The van der Waals surface area contributed by atoms with Crippen molar-refractivity contribution in [1.82, 2.24) is 4.98 Å². The van der Waals surface area contributed by atoms with Crippen molar-refractivity contribution in [2.24, 2.45) is 0 Å². The van der Waals surface area contributed by atoms with E-state index in [1.165, 1.54) is 12.0 Å². The van der Waals surface area contributed by atoms with E-state index in [1.807, 2.05) is 18.0 Å². The van der Waals surface area contributed by atoms with Gasteiger partial charge >= 0.3 is 5.97 Å². The maximum atomic E-state index is 11.9. The first-order chi connectivity index (χ1) is 10.0. The fourth-order valence-electron chi connectivity index (χ4n) is 2.08. The van der Waals surface area contributed by atoms with E-state index >= 15 is 0 Å². The number of likely N-dealkylation sites (N-methyl/N-ethyl adjacent to an activating group) is 1. The second kappa shape index (κ2) is 6.58. The molecule has 0 saturated carbocycles. The molecule has 2 rings (SSSR count). The molecule has 0 aromatic carbocycles. The first-order valence-corrected chi connectivity index (χ1v) is 7.50. The summed E-state index contributed by atoms with van der Waals surface area (Å²) in [5, 5.41) is 2.06. The molecular formula is C15H19N3O2S. The van der Waals surface area contributed by atoms with Gasteiger partial charge in [0.15, 0.2) is 0 Å². The molecule has 112 valence electrons. The number of anilines is 2. The highest BCUT2D eigenvalue weighted by Gasteiger charge is 2.20. The van der Waals surface area contributed by atoms with Crippen LogP contribution in [-0.4, -0.2) is 31.2 Å². The predicted molar refractivity (Wildman–Crippen MR) is 85.9 cm³/mol. The van der Waals surface area contributed by atoms with E-state index in [0.717, 1.165) is 6.42 Å². The Bertz CT molecular complexity index is 613. The van der Waals surface area contributed by atoms with E-state index < -0.39 is 5.97 Å². The van der Waals surface area contributed by atoms with E-state index in [1.54, 1.807) is 23.6 Å². The lowest BCUT2D eigenvalue weighted by atomic mass is 10.1. The summed E-state index contributed by atoms with van der Waals surface area (Å²) >= 11 is 1.72. The first kappa shape index (κ1) is 15.3. The van der Waals surface area contributed by atoms with Gasteiger partial charge in [0.1, 0.15) is 11.4 Å². The number of nitrogens with two attached hydrogens (primary N) is 1. The lowest BCUT2D eigenvalue weighted by Crippen LogP contribution is -2.32. The number of carbonyl (C=O) groups is 1. The number of nitrogens with zero attached hydrogens (tertiary/aromatic N) is 2. The highest BCUT2D eigenvalue weighted by molar-refractivity contribution is 7.09. The molecular weight excluding hydrogens is 286 g/mol. The molecule has 0 saturated heterocycles. The van der Waals surface area contributed by atoms with E-state index in [-0.39, 0.29) is 6.04 Å². The van der Waals surface area contributed by atoms with Crippen molar-refractivity contribution in [3.63, 3.8) is 0 Å². The van der Waals surface area contributed by atoms with Gasteiger partial charge in [-0.1, -0.05) is 6.07 Å². The fraction of sp³-hybridized carbons (Fsp3) is 0.333. The van der Waals surface area contributed by atoms with Crippen LogP contribution < -0.4 is 10.6 Å². The topological polar surface area (TPSA) is 68.5 Å². The van der Waals surface area contributed by atoms with Crippen molar-refractivity contribution in [3.05, 3.63) is 40.2 Å². The van der Waals surface area contributed by atoms with Gasteiger partial charge < -0.3 is 15.4 Å². The van der Waals surface area contributed by atoms with Gasteiger partial charge in [-0.15, -0.1) is 11.3 Å². The molecule has 1 unspecified atom stereocenters. The normalized spacial score (nSPS) is 12.0. The highest BCUT2D eigenvalue weighted by Crippen LogP contribution is 2.23. The van der Waals surface area contributed by atoms with Crippen LogP contribution in [0.5, 0.6) is 0 Å². The number of rotatable bonds is 5. The molecule has 0 bridgehead atoms. The monoisotopic (exact) mass is 305 g/mol. The maximum absolute atomic E-state index is 11.9. The molecule has 0 fully saturated rings. The summed E-state index contributed by atoms with van der Waals surface area (Å²) in [6.45, 7) is 2.10. The Balaban J connectivity index is 2.25. The SMILES string of the molecule is COC(=O)c1cc(N)cnc1N(C)C(C)Cc1cccs1. The van der Waals surface area contributed by atoms with E-state index in [9.17, 15) is 4.79 Å². The van der Waals surface area contributed by atoms with Crippen molar-refractivity contribution in [3.8, 4) is 0 Å². The van der Waals surface area contributed by atoms with Crippen LogP contribution in [0.3, 0.4) is 0 Å². The summed E-state index contributed by atoms with van der Waals surface area (Å²) in [5.41, 5.74) is 6.55. The summed E-state index contributed by atoms with van der Waals surface area (Å²) in [6.07, 6.45) is 2.44. The molecule has 2 aromatic rings. The van der Waals surface area contributed by atoms with Gasteiger partial charge in [0.25, 0.3) is 0 Å². The van der Waals surface area contributed by atoms with Crippen LogP contribution in [0.1, 0.15) is 22.2 Å². The largest absolute Gasteiger partial charge is 0.465 e. The van der Waals surface area contributed by atoms with Crippen molar-refractivity contribution in [2.75, 3.05) is 24.8 Å². The van der Waals surface area contributed by atoms with Crippen LogP contribution in [0.25, 0.3) is 0 Å². The number of nitrogen functional groups attached to an aromatic ring is 1. The van der Waals surface area contributed by atoms with Gasteiger partial charge in [-0.3, -0.25) is 0 Å². The molecule has 1 atom stereocenters. The molecule has 0 aliphatic rings. The highest BCUT2D eigenvalue weighted by atomic mass is 32.1. The van der Waals surface area contributed by atoms with Crippen LogP contribution >= 0.6 is 11.3 Å². The number of hydrogen-bond acceptors (Lipinski definition) is 6. The third-order valence-corrected chi connectivity index (χ3v) is 4.26. The Hall–Kier alpha value is -2.08. The van der Waals surface area contributed by atoms with Crippen LogP contribution in [-0.2, 0) is 11.2 Å². The summed E-state index contributed by atoms with van der Waals surface area (Å²) in [5.74, 6) is 0.153. The van der Waals surface area contributed by atoms with Crippen molar-refractivity contribution in [1.29, 1.82) is 0 Å². The van der Waals surface area contributed by atoms with Gasteiger partial charge in [-0.05, 0) is 24.4 Å². The molecule has 6 heteroatoms. The summed E-state index contributed by atoms with van der Waals surface area (Å²) < 4.78 is 4.81. The number of thiophene rings is 1. The van der Waals surface area contributed by atoms with Crippen LogP contribution in [0.15, 0.2) is 29.8 Å². The number of carbonyl (C=O) groups excluding carboxylic acids is 1. The maximum Gasteiger partial charge on any atom is 0.341 e. The van der Waals surface area contributed by atoms with Crippen LogP contribution in [0.4, 0.5) is 11.5 Å². The second-order valence-corrected chi connectivity index (χ2v) is 5.91. The van der Waals surface area contributed by atoms with Crippen molar-refractivity contribution in [2.45, 2.75) is 19.4 Å². The van der Waals surface area contributed by atoms with Crippen LogP contribution in [0, 0.1) is 0 Å². The number of hydrogen-bond donors (Lipinski definition) is 1. The van der Waals surface area contributed by atoms with Gasteiger partial charge in [-0.2, -0.15) is 0 Å². The van der Waals surface area contributed by atoms with E-state index in [4.69, 9.17) is 10.5 Å². The second-order valence-electron chi connectivity index (χ2n) is 4.87. The van der Waals surface area contributed by atoms with Crippen LogP contribution in [0.2, 0.25) is 0 Å². The molecule has 0 aliphatic heterocycles. The Kier molecular flexibility index (Phi) is 4.80. The number of pyridine rings is 1. The number of aromatic nitrogens is 1. The zero-order valence-corrected chi connectivity index (χ0v) is 13.2. The van der Waals surface area contributed by atoms with Gasteiger partial charge in [-0.25, -0.2) is 9.78 Å². The molecule has 0 amide bonds. The minimum absolute atomic E-state index is 0.197. The average molecular weight is 305 g/mol. The third-order valence-electron chi connectivity index (χ3n) is 3.37. The first-order valence-electron chi connectivity index (χ1n) is 6.62. The smallest absolute Gasteiger partial charge is 0.341 e. The number of ether oxygens (including phenoxy) is 1. The van der Waals surface area contributed by atoms with Gasteiger partial charge in [0.05, 0.1) is 19.0 Å². The summed E-state index contributed by atoms with van der Waals surface area (Å²) in [7, 11) is 3.27. The Morgan fingerprint density at radius 3 is 2.95 bits per heavy atom. The minimum atomic E-state index is -0.431. The predicted octanol–water partition coefficient (Wildman–Crippen LogP) is 2.58. The summed E-state index contributed by atoms with van der Waals surface area (Å²) in [4.78, 5) is 19.5. The quantitative estimate of drug-likeness (QED) is 0.860.